The van der Waals surface area contributed by atoms with Crippen LogP contribution in [0.2, 0.25) is 0 Å². The maximum Gasteiger partial charge on any atom is 0.0580 e. The Morgan fingerprint density at radius 1 is 1.44 bits per heavy atom. The van der Waals surface area contributed by atoms with Gasteiger partial charge in [0, 0.05) is 12.6 Å². The number of rotatable bonds is 8. The molecule has 1 saturated carbocycles. The zero-order chi connectivity index (χ0) is 11.8. The first-order valence-electron chi connectivity index (χ1n) is 6.80. The highest BCUT2D eigenvalue weighted by atomic mass is 16.3. The highest BCUT2D eigenvalue weighted by molar-refractivity contribution is 4.81. The lowest BCUT2D eigenvalue weighted by Gasteiger charge is -2.21. The largest absolute Gasteiger partial charge is 0.393 e. The second kappa shape index (κ2) is 7.86. The summed E-state index contributed by atoms with van der Waals surface area (Å²) in [6.07, 6.45) is 10.0. The lowest BCUT2D eigenvalue weighted by atomic mass is 10.0. The molecule has 3 unspecified atom stereocenters. The summed E-state index contributed by atoms with van der Waals surface area (Å²) in [5, 5.41) is 13.4. The van der Waals surface area contributed by atoms with Gasteiger partial charge >= 0.3 is 0 Å². The van der Waals surface area contributed by atoms with Crippen LogP contribution in [-0.4, -0.2) is 23.8 Å². The summed E-state index contributed by atoms with van der Waals surface area (Å²) in [5.74, 6) is 0.489. The summed E-state index contributed by atoms with van der Waals surface area (Å²) in [4.78, 5) is 0. The van der Waals surface area contributed by atoms with Crippen LogP contribution in [0.3, 0.4) is 0 Å². The molecule has 94 valence electrons. The molecule has 16 heavy (non-hydrogen) atoms. The molecule has 1 aliphatic carbocycles. The van der Waals surface area contributed by atoms with Crippen molar-refractivity contribution in [2.45, 2.75) is 64.0 Å². The molecule has 2 heteroatoms. The van der Waals surface area contributed by atoms with Crippen LogP contribution in [0.1, 0.15) is 51.9 Å². The van der Waals surface area contributed by atoms with Crippen molar-refractivity contribution in [2.75, 3.05) is 6.54 Å². The number of nitrogens with one attached hydrogen (secondary N) is 1. The number of allylic oxidation sites excluding steroid dienone is 1. The van der Waals surface area contributed by atoms with E-state index in [2.05, 4.69) is 18.8 Å². The van der Waals surface area contributed by atoms with E-state index in [1.54, 1.807) is 0 Å². The minimum Gasteiger partial charge on any atom is -0.393 e. The molecule has 2 nitrogen and oxygen atoms in total. The molecule has 0 aliphatic heterocycles. The standard InChI is InChI=1S/C14H27NO/c1-3-5-9-13(7-4-2)15-11-12-8-6-10-14(12)16/h3,12-16H,1,4-11H2,2H3. The predicted molar refractivity (Wildman–Crippen MR) is 69.5 cm³/mol. The van der Waals surface area contributed by atoms with E-state index in [0.29, 0.717) is 12.0 Å². The first-order valence-corrected chi connectivity index (χ1v) is 6.80. The van der Waals surface area contributed by atoms with E-state index >= 15 is 0 Å². The molecule has 3 atom stereocenters. The summed E-state index contributed by atoms with van der Waals surface area (Å²) in [5.41, 5.74) is 0. The summed E-state index contributed by atoms with van der Waals surface area (Å²) in [6.45, 7) is 6.99. The average molecular weight is 225 g/mol. The van der Waals surface area contributed by atoms with Crippen molar-refractivity contribution in [1.29, 1.82) is 0 Å². The minimum absolute atomic E-state index is 0.0609. The van der Waals surface area contributed by atoms with Crippen LogP contribution < -0.4 is 5.32 Å². The van der Waals surface area contributed by atoms with Gasteiger partial charge in [-0.05, 0) is 38.0 Å². The van der Waals surface area contributed by atoms with Gasteiger partial charge in [0.15, 0.2) is 0 Å². The highest BCUT2D eigenvalue weighted by Gasteiger charge is 2.25. The van der Waals surface area contributed by atoms with Gasteiger partial charge in [-0.3, -0.25) is 0 Å². The Balaban J connectivity index is 2.22. The lowest BCUT2D eigenvalue weighted by Crippen LogP contribution is -2.35. The third-order valence-electron chi connectivity index (χ3n) is 3.64. The highest BCUT2D eigenvalue weighted by Crippen LogP contribution is 2.25. The quantitative estimate of drug-likeness (QED) is 0.623. The average Bonchev–Trinajstić information content (AvgIpc) is 2.68. The molecule has 0 saturated heterocycles. The number of aliphatic hydroxyl groups is 1. The fourth-order valence-corrected chi connectivity index (χ4v) is 2.59. The van der Waals surface area contributed by atoms with Crippen LogP contribution >= 0.6 is 0 Å². The van der Waals surface area contributed by atoms with Gasteiger partial charge < -0.3 is 10.4 Å². The molecule has 1 rings (SSSR count). The van der Waals surface area contributed by atoms with Gasteiger partial charge in [-0.25, -0.2) is 0 Å². The van der Waals surface area contributed by atoms with Crippen molar-refractivity contribution in [1.82, 2.24) is 5.32 Å². The van der Waals surface area contributed by atoms with Crippen molar-refractivity contribution < 1.29 is 5.11 Å². The Bertz CT molecular complexity index is 193. The zero-order valence-electron chi connectivity index (χ0n) is 10.6. The molecule has 0 aromatic rings. The van der Waals surface area contributed by atoms with Crippen LogP contribution in [-0.2, 0) is 0 Å². The Kier molecular flexibility index (Phi) is 6.74. The van der Waals surface area contributed by atoms with E-state index in [1.807, 2.05) is 6.08 Å². The van der Waals surface area contributed by atoms with E-state index in [0.717, 1.165) is 19.4 Å². The Hall–Kier alpha value is -0.340. The van der Waals surface area contributed by atoms with Crippen LogP contribution in [0.15, 0.2) is 12.7 Å². The fraction of sp³-hybridized carbons (Fsp3) is 0.857. The van der Waals surface area contributed by atoms with Gasteiger partial charge in [-0.2, -0.15) is 0 Å². The lowest BCUT2D eigenvalue weighted by molar-refractivity contribution is 0.129. The molecular formula is C14H27NO. The van der Waals surface area contributed by atoms with Crippen molar-refractivity contribution in [2.24, 2.45) is 5.92 Å². The second-order valence-electron chi connectivity index (χ2n) is 5.02. The van der Waals surface area contributed by atoms with Gasteiger partial charge in [0.25, 0.3) is 0 Å². The Morgan fingerprint density at radius 3 is 2.81 bits per heavy atom. The Labute approximate surface area is 100 Å². The fourth-order valence-electron chi connectivity index (χ4n) is 2.59. The molecule has 0 aromatic carbocycles. The van der Waals surface area contributed by atoms with Gasteiger partial charge in [0.05, 0.1) is 6.10 Å². The molecule has 0 aromatic heterocycles. The van der Waals surface area contributed by atoms with Gasteiger partial charge in [-0.15, -0.1) is 6.58 Å². The van der Waals surface area contributed by atoms with Gasteiger partial charge in [0.1, 0.15) is 0 Å². The number of hydrogen-bond donors (Lipinski definition) is 2. The number of aliphatic hydroxyl groups excluding tert-OH is 1. The summed E-state index contributed by atoms with van der Waals surface area (Å²) >= 11 is 0. The van der Waals surface area contributed by atoms with Crippen molar-refractivity contribution in [3.8, 4) is 0 Å². The molecule has 0 spiro atoms. The van der Waals surface area contributed by atoms with E-state index < -0.39 is 0 Å². The molecule has 0 bridgehead atoms. The SMILES string of the molecule is C=CCCC(CCC)NCC1CCCC1O. The molecule has 2 N–H and O–H groups in total. The topological polar surface area (TPSA) is 32.3 Å². The number of hydrogen-bond acceptors (Lipinski definition) is 2. The van der Waals surface area contributed by atoms with Crippen LogP contribution in [0.25, 0.3) is 0 Å². The smallest absolute Gasteiger partial charge is 0.0580 e. The molecule has 1 fully saturated rings. The summed E-state index contributed by atoms with van der Waals surface area (Å²) in [6, 6.07) is 0.607. The van der Waals surface area contributed by atoms with E-state index in [-0.39, 0.29) is 6.10 Å². The maximum absolute atomic E-state index is 9.75. The van der Waals surface area contributed by atoms with Crippen LogP contribution in [0.5, 0.6) is 0 Å². The van der Waals surface area contributed by atoms with Gasteiger partial charge in [0.2, 0.25) is 0 Å². The summed E-state index contributed by atoms with van der Waals surface area (Å²) < 4.78 is 0. The predicted octanol–water partition coefficient (Wildman–Crippen LogP) is 2.87. The first kappa shape index (κ1) is 13.7. The first-order chi connectivity index (χ1) is 7.77. The van der Waals surface area contributed by atoms with Crippen LogP contribution in [0.4, 0.5) is 0 Å². The molecular weight excluding hydrogens is 198 g/mol. The van der Waals surface area contributed by atoms with Crippen molar-refractivity contribution in [3.05, 3.63) is 12.7 Å². The van der Waals surface area contributed by atoms with Crippen molar-refractivity contribution in [3.63, 3.8) is 0 Å². The normalized spacial score (nSPS) is 26.9. The third kappa shape index (κ3) is 4.67. The van der Waals surface area contributed by atoms with E-state index in [1.165, 1.54) is 32.1 Å². The molecule has 0 radical (unpaired) electrons. The second-order valence-corrected chi connectivity index (χ2v) is 5.02. The van der Waals surface area contributed by atoms with Crippen LogP contribution in [0, 0.1) is 5.92 Å². The van der Waals surface area contributed by atoms with Crippen molar-refractivity contribution >= 4 is 0 Å². The van der Waals surface area contributed by atoms with E-state index in [4.69, 9.17) is 0 Å². The molecule has 0 heterocycles. The van der Waals surface area contributed by atoms with E-state index in [9.17, 15) is 5.11 Å². The Morgan fingerprint density at radius 2 is 2.25 bits per heavy atom. The monoisotopic (exact) mass is 225 g/mol. The maximum atomic E-state index is 9.75. The molecule has 1 aliphatic rings. The minimum atomic E-state index is -0.0609. The zero-order valence-corrected chi connectivity index (χ0v) is 10.6. The third-order valence-corrected chi connectivity index (χ3v) is 3.64. The van der Waals surface area contributed by atoms with Gasteiger partial charge in [-0.1, -0.05) is 25.8 Å². The molecule has 0 amide bonds. The summed E-state index contributed by atoms with van der Waals surface area (Å²) in [7, 11) is 0.